The van der Waals surface area contributed by atoms with Crippen molar-refractivity contribution >= 4 is 0 Å². The maximum Gasteiger partial charge on any atom is 0.0886 e. The molecule has 0 saturated carbocycles. The van der Waals surface area contributed by atoms with Gasteiger partial charge in [0.1, 0.15) is 0 Å². The summed E-state index contributed by atoms with van der Waals surface area (Å²) in [5.74, 6) is 0. The van der Waals surface area contributed by atoms with Crippen molar-refractivity contribution in [2.45, 2.75) is 271 Å². The van der Waals surface area contributed by atoms with Crippen molar-refractivity contribution in [3.63, 3.8) is 0 Å². The minimum Gasteiger partial charge on any atom is -1.00 e. The predicted octanol–water partition coefficient (Wildman–Crippen LogP) is 16.7. The van der Waals surface area contributed by atoms with Crippen LogP contribution in [0.4, 0.5) is 0 Å². The van der Waals surface area contributed by atoms with Crippen LogP contribution in [-0.2, 0) is 0 Å². The zero-order valence-corrected chi connectivity index (χ0v) is 41.7. The van der Waals surface area contributed by atoms with Crippen LogP contribution >= 0.6 is 0 Å². The van der Waals surface area contributed by atoms with E-state index in [1.54, 1.807) is 0 Å². The Kier molecular flexibility index (Phi) is 51.7. The molecule has 0 rings (SSSR count). The van der Waals surface area contributed by atoms with E-state index in [0.29, 0.717) is 0 Å². The van der Waals surface area contributed by atoms with Crippen LogP contribution in [0.1, 0.15) is 265 Å². The monoisotopic (exact) mass is 840 g/mol. The van der Waals surface area contributed by atoms with Gasteiger partial charge in [-0.1, -0.05) is 203 Å². The largest absolute Gasteiger partial charge is 1.00 e. The molecule has 0 amide bonds. The maximum absolute atomic E-state index is 2.57. The normalized spacial score (nSPS) is 12.7. The molecule has 0 bridgehead atoms. The summed E-state index contributed by atoms with van der Waals surface area (Å²) < 4.78 is 1.25. The van der Waals surface area contributed by atoms with Crippen LogP contribution in [0.25, 0.3) is 0 Å². The lowest BCUT2D eigenvalue weighted by Crippen LogP contribution is -3.00. The highest BCUT2D eigenvalue weighted by Gasteiger charge is 2.26. The summed E-state index contributed by atoms with van der Waals surface area (Å²) in [5, 5.41) is 0. The van der Waals surface area contributed by atoms with Crippen molar-refractivity contribution in [1.29, 1.82) is 0 Å². The molecular weight excluding hydrogens is 734 g/mol. The van der Waals surface area contributed by atoms with Crippen LogP contribution < -0.4 is 12.4 Å². The van der Waals surface area contributed by atoms with Gasteiger partial charge in [0.15, 0.2) is 0 Å². The van der Waals surface area contributed by atoms with Gasteiger partial charge in [-0.3, -0.25) is 0 Å². The van der Waals surface area contributed by atoms with Gasteiger partial charge in [0.2, 0.25) is 0 Å². The van der Waals surface area contributed by atoms with E-state index in [0.717, 1.165) is 25.3 Å². The van der Waals surface area contributed by atoms with Crippen LogP contribution in [0.2, 0.25) is 0 Å². The standard InChI is InChI=1S/C57H106N.ClH/c1-6-9-12-15-18-21-24-27-30-33-36-39-42-45-48-51-54-57(55-52-49-46-43-40-37-34-31-28-25-22-19-16-13-10-7-2)58(4,5)56-53-50-47-44-41-38-35-32-29-26-23-20-17-14-11-8-3;/h18-23,27-32,57H,6-17,24-26,33-56H2,1-5H3;1H/q+1;/p-1/b21-18-,22-19-,23-20-,30-27-,31-28-,32-29-;. The van der Waals surface area contributed by atoms with Crippen molar-refractivity contribution < 1.29 is 16.9 Å². The molecule has 346 valence electrons. The molecule has 0 aliphatic heterocycles. The molecule has 0 aromatic heterocycles. The second-order valence-electron chi connectivity index (χ2n) is 18.5. The zero-order valence-electron chi connectivity index (χ0n) is 40.9. The average molecular weight is 841 g/mol. The summed E-state index contributed by atoms with van der Waals surface area (Å²) in [5.41, 5.74) is 0. The molecule has 0 aliphatic carbocycles. The topological polar surface area (TPSA) is 0 Å². The fourth-order valence-corrected chi connectivity index (χ4v) is 8.27. The maximum atomic E-state index is 2.57. The third-order valence-electron chi connectivity index (χ3n) is 12.4. The summed E-state index contributed by atoms with van der Waals surface area (Å²) in [6.45, 7) is 8.21. The zero-order chi connectivity index (χ0) is 42.1. The molecular formula is C57H106ClN. The molecule has 2 heteroatoms. The van der Waals surface area contributed by atoms with Gasteiger partial charge >= 0.3 is 0 Å². The average Bonchev–Trinajstić information content (AvgIpc) is 3.22. The van der Waals surface area contributed by atoms with Gasteiger partial charge in [0.05, 0.1) is 26.7 Å². The Labute approximate surface area is 379 Å². The Bertz CT molecular complexity index is 919. The highest BCUT2D eigenvalue weighted by molar-refractivity contribution is 4.94. The smallest absolute Gasteiger partial charge is 0.0886 e. The molecule has 59 heavy (non-hydrogen) atoms. The van der Waals surface area contributed by atoms with Crippen molar-refractivity contribution in [1.82, 2.24) is 0 Å². The fraction of sp³-hybridized carbons (Fsp3) is 0.789. The Hall–Kier alpha value is -1.31. The van der Waals surface area contributed by atoms with Gasteiger partial charge in [0, 0.05) is 0 Å². The molecule has 0 radical (unpaired) electrons. The number of quaternary nitrogens is 1. The molecule has 0 unspecified atom stereocenters. The number of hydrogen-bond acceptors (Lipinski definition) is 0. The van der Waals surface area contributed by atoms with Crippen LogP contribution in [-0.4, -0.2) is 31.2 Å². The van der Waals surface area contributed by atoms with E-state index < -0.39 is 0 Å². The first-order valence-electron chi connectivity index (χ1n) is 26.3. The number of hydrogen-bond donors (Lipinski definition) is 0. The minimum atomic E-state index is 0. The second kappa shape index (κ2) is 51.0. The molecule has 0 saturated heterocycles. The van der Waals surface area contributed by atoms with Gasteiger partial charge in [0.25, 0.3) is 0 Å². The molecule has 0 aliphatic rings. The van der Waals surface area contributed by atoms with Gasteiger partial charge in [-0.25, -0.2) is 0 Å². The van der Waals surface area contributed by atoms with E-state index in [-0.39, 0.29) is 12.4 Å². The van der Waals surface area contributed by atoms with Crippen molar-refractivity contribution in [3.05, 3.63) is 72.9 Å². The quantitative estimate of drug-likeness (QED) is 0.0325. The Morgan fingerprint density at radius 2 is 0.525 bits per heavy atom. The summed E-state index contributed by atoms with van der Waals surface area (Å²) in [6.07, 6.45) is 79.9. The second-order valence-corrected chi connectivity index (χ2v) is 18.5. The first-order valence-corrected chi connectivity index (χ1v) is 26.3. The number of rotatable bonds is 46. The molecule has 0 fully saturated rings. The minimum absolute atomic E-state index is 0. The number of allylic oxidation sites excluding steroid dienone is 12. The Balaban J connectivity index is 0. The molecule has 0 spiro atoms. The lowest BCUT2D eigenvalue weighted by atomic mass is 9.97. The molecule has 0 atom stereocenters. The number of nitrogens with zero attached hydrogens (tertiary/aromatic N) is 1. The third-order valence-corrected chi connectivity index (χ3v) is 12.4. The number of halogens is 1. The predicted molar refractivity (Wildman–Crippen MR) is 268 cm³/mol. The summed E-state index contributed by atoms with van der Waals surface area (Å²) in [6, 6.07) is 0.842. The van der Waals surface area contributed by atoms with E-state index in [1.807, 2.05) is 0 Å². The fourth-order valence-electron chi connectivity index (χ4n) is 8.27. The van der Waals surface area contributed by atoms with E-state index >= 15 is 0 Å². The van der Waals surface area contributed by atoms with E-state index in [2.05, 4.69) is 108 Å². The SMILES string of the molecule is CCCCC/C=C\C/C=C\CCCCCCCCC(CCCCCCCC/C=C\C/C=C\CCCCC)[N+](C)(C)CCCCCCCC/C=C\C/C=C\CCCCC.[Cl-]. The first kappa shape index (κ1) is 59.8. The van der Waals surface area contributed by atoms with Gasteiger partial charge in [-0.15, -0.1) is 0 Å². The van der Waals surface area contributed by atoms with Crippen LogP contribution in [0.5, 0.6) is 0 Å². The van der Waals surface area contributed by atoms with Crippen LogP contribution in [0.15, 0.2) is 72.9 Å². The van der Waals surface area contributed by atoms with E-state index in [9.17, 15) is 0 Å². The molecule has 0 aromatic carbocycles. The van der Waals surface area contributed by atoms with E-state index in [4.69, 9.17) is 0 Å². The molecule has 0 heterocycles. The number of unbranched alkanes of at least 4 members (excludes halogenated alkanes) is 27. The van der Waals surface area contributed by atoms with Gasteiger partial charge in [-0.05, 0) is 135 Å². The molecule has 0 aromatic rings. The third kappa shape index (κ3) is 47.6. The molecule has 1 nitrogen and oxygen atoms in total. The van der Waals surface area contributed by atoms with Crippen molar-refractivity contribution in [2.24, 2.45) is 0 Å². The highest BCUT2D eigenvalue weighted by atomic mass is 35.5. The van der Waals surface area contributed by atoms with Gasteiger partial charge in [-0.2, -0.15) is 0 Å². The van der Waals surface area contributed by atoms with Crippen molar-refractivity contribution in [3.8, 4) is 0 Å². The Morgan fingerprint density at radius 1 is 0.288 bits per heavy atom. The molecule has 0 N–H and O–H groups in total. The lowest BCUT2D eigenvalue weighted by molar-refractivity contribution is -0.916. The van der Waals surface area contributed by atoms with Gasteiger partial charge < -0.3 is 16.9 Å². The summed E-state index contributed by atoms with van der Waals surface area (Å²) in [4.78, 5) is 0. The van der Waals surface area contributed by atoms with Crippen LogP contribution in [0.3, 0.4) is 0 Å². The summed E-state index contributed by atoms with van der Waals surface area (Å²) in [7, 11) is 5.14. The lowest BCUT2D eigenvalue weighted by Gasteiger charge is -2.39. The Morgan fingerprint density at radius 3 is 0.814 bits per heavy atom. The first-order chi connectivity index (χ1) is 28.6. The van der Waals surface area contributed by atoms with Crippen molar-refractivity contribution in [2.75, 3.05) is 20.6 Å². The van der Waals surface area contributed by atoms with E-state index in [1.165, 1.54) is 236 Å². The van der Waals surface area contributed by atoms with Crippen LogP contribution in [0, 0.1) is 0 Å². The summed E-state index contributed by atoms with van der Waals surface area (Å²) >= 11 is 0. The highest BCUT2D eigenvalue weighted by Crippen LogP contribution is 2.24.